The summed E-state index contributed by atoms with van der Waals surface area (Å²) in [5, 5.41) is 6.40. The minimum atomic E-state index is 0.0704. The highest BCUT2D eigenvalue weighted by Crippen LogP contribution is 2.24. The Kier molecular flexibility index (Phi) is 4.26. The molecule has 1 unspecified atom stereocenters. The van der Waals surface area contributed by atoms with Crippen molar-refractivity contribution in [1.29, 1.82) is 0 Å². The molecule has 2 heterocycles. The summed E-state index contributed by atoms with van der Waals surface area (Å²) in [5.74, 6) is 0.0704. The molecule has 4 nitrogen and oxygen atoms in total. The van der Waals surface area contributed by atoms with E-state index in [0.717, 1.165) is 18.5 Å². The van der Waals surface area contributed by atoms with E-state index in [-0.39, 0.29) is 11.9 Å². The molecule has 1 aromatic heterocycles. The second-order valence-electron chi connectivity index (χ2n) is 5.29. The van der Waals surface area contributed by atoms with Gasteiger partial charge in [0.2, 0.25) is 5.91 Å². The Morgan fingerprint density at radius 1 is 1.24 bits per heavy atom. The lowest BCUT2D eigenvalue weighted by Gasteiger charge is -2.26. The van der Waals surface area contributed by atoms with Crippen molar-refractivity contribution in [1.82, 2.24) is 15.6 Å². The van der Waals surface area contributed by atoms with Crippen molar-refractivity contribution in [2.24, 2.45) is 0 Å². The van der Waals surface area contributed by atoms with E-state index in [1.807, 2.05) is 18.2 Å². The van der Waals surface area contributed by atoms with Crippen LogP contribution in [-0.4, -0.2) is 17.4 Å². The molecule has 0 radical (unpaired) electrons. The molecule has 1 aliphatic heterocycles. The third-order valence-corrected chi connectivity index (χ3v) is 3.84. The summed E-state index contributed by atoms with van der Waals surface area (Å²) in [6.07, 6.45) is 4.98. The van der Waals surface area contributed by atoms with E-state index in [4.69, 9.17) is 0 Å². The molecule has 0 bridgehead atoms. The van der Waals surface area contributed by atoms with Crippen LogP contribution in [0.2, 0.25) is 0 Å². The second kappa shape index (κ2) is 6.50. The van der Waals surface area contributed by atoms with Crippen LogP contribution in [0.25, 0.3) is 0 Å². The summed E-state index contributed by atoms with van der Waals surface area (Å²) in [5.41, 5.74) is 3.67. The Morgan fingerprint density at radius 2 is 2.05 bits per heavy atom. The topological polar surface area (TPSA) is 54.0 Å². The van der Waals surface area contributed by atoms with Gasteiger partial charge in [-0.05, 0) is 41.8 Å². The molecule has 0 spiro atoms. The van der Waals surface area contributed by atoms with Gasteiger partial charge in [0, 0.05) is 31.4 Å². The summed E-state index contributed by atoms with van der Waals surface area (Å²) in [4.78, 5) is 16.1. The lowest BCUT2D eigenvalue weighted by molar-refractivity contribution is -0.121. The first-order valence-electron chi connectivity index (χ1n) is 7.30. The third-order valence-electron chi connectivity index (χ3n) is 3.84. The summed E-state index contributed by atoms with van der Waals surface area (Å²) < 4.78 is 0. The molecule has 1 amide bonds. The number of carbonyl (C=O) groups is 1. The Labute approximate surface area is 124 Å². The van der Waals surface area contributed by atoms with Crippen LogP contribution in [0.5, 0.6) is 0 Å². The Morgan fingerprint density at radius 3 is 2.90 bits per heavy atom. The van der Waals surface area contributed by atoms with Crippen LogP contribution in [0.3, 0.4) is 0 Å². The van der Waals surface area contributed by atoms with Gasteiger partial charge in [0.1, 0.15) is 0 Å². The van der Waals surface area contributed by atoms with Gasteiger partial charge < -0.3 is 10.6 Å². The molecule has 108 valence electrons. The molecule has 21 heavy (non-hydrogen) atoms. The molecule has 1 atom stereocenters. The third kappa shape index (κ3) is 3.47. The number of pyridine rings is 1. The Bertz CT molecular complexity index is 612. The maximum absolute atomic E-state index is 12.1. The van der Waals surface area contributed by atoms with Gasteiger partial charge in [-0.1, -0.05) is 24.3 Å². The van der Waals surface area contributed by atoms with Crippen LogP contribution in [0.4, 0.5) is 0 Å². The lowest BCUT2D eigenvalue weighted by Crippen LogP contribution is -2.34. The second-order valence-corrected chi connectivity index (χ2v) is 5.29. The zero-order valence-corrected chi connectivity index (χ0v) is 11.9. The lowest BCUT2D eigenvalue weighted by atomic mass is 9.92. The molecule has 0 aliphatic carbocycles. The molecule has 1 aliphatic rings. The van der Waals surface area contributed by atoms with E-state index in [9.17, 15) is 4.79 Å². The minimum Gasteiger partial charge on any atom is -0.352 e. The van der Waals surface area contributed by atoms with Crippen molar-refractivity contribution in [3.8, 4) is 0 Å². The van der Waals surface area contributed by atoms with Gasteiger partial charge in [-0.3, -0.25) is 9.78 Å². The maximum atomic E-state index is 12.1. The maximum Gasteiger partial charge on any atom is 0.222 e. The van der Waals surface area contributed by atoms with Crippen molar-refractivity contribution >= 4 is 5.91 Å². The molecular formula is C17H19N3O. The SMILES string of the molecule is O=C(CC1NCCc2ccccc21)NCc1ccncc1. The number of carbonyl (C=O) groups excluding carboxylic acids is 1. The van der Waals surface area contributed by atoms with E-state index in [0.29, 0.717) is 13.0 Å². The van der Waals surface area contributed by atoms with Crippen LogP contribution < -0.4 is 10.6 Å². The number of aromatic nitrogens is 1. The zero-order chi connectivity index (χ0) is 14.5. The first-order valence-corrected chi connectivity index (χ1v) is 7.30. The average molecular weight is 281 g/mol. The Hall–Kier alpha value is -2.20. The molecule has 2 N–H and O–H groups in total. The number of hydrogen-bond acceptors (Lipinski definition) is 3. The van der Waals surface area contributed by atoms with Gasteiger partial charge in [0.05, 0.1) is 0 Å². The molecule has 0 fully saturated rings. The van der Waals surface area contributed by atoms with Crippen molar-refractivity contribution in [2.75, 3.05) is 6.54 Å². The Balaban J connectivity index is 1.58. The number of nitrogens with one attached hydrogen (secondary N) is 2. The summed E-state index contributed by atoms with van der Waals surface area (Å²) in [6.45, 7) is 1.48. The summed E-state index contributed by atoms with van der Waals surface area (Å²) in [7, 11) is 0. The van der Waals surface area contributed by atoms with Gasteiger partial charge in [0.25, 0.3) is 0 Å². The molecule has 3 rings (SSSR count). The van der Waals surface area contributed by atoms with Crippen molar-refractivity contribution in [3.63, 3.8) is 0 Å². The average Bonchev–Trinajstić information content (AvgIpc) is 2.54. The van der Waals surface area contributed by atoms with Crippen LogP contribution in [-0.2, 0) is 17.8 Å². The fourth-order valence-electron chi connectivity index (χ4n) is 2.73. The highest BCUT2D eigenvalue weighted by atomic mass is 16.1. The molecule has 2 aromatic rings. The zero-order valence-electron chi connectivity index (χ0n) is 11.9. The normalized spacial score (nSPS) is 17.0. The van der Waals surface area contributed by atoms with Crippen molar-refractivity contribution in [2.45, 2.75) is 25.4 Å². The van der Waals surface area contributed by atoms with E-state index in [1.54, 1.807) is 12.4 Å². The number of benzene rings is 1. The molecule has 0 saturated carbocycles. The van der Waals surface area contributed by atoms with E-state index in [2.05, 4.69) is 33.8 Å². The van der Waals surface area contributed by atoms with E-state index >= 15 is 0 Å². The first-order chi connectivity index (χ1) is 10.3. The number of hydrogen-bond donors (Lipinski definition) is 2. The van der Waals surface area contributed by atoms with E-state index in [1.165, 1.54) is 11.1 Å². The molecule has 1 aromatic carbocycles. The smallest absolute Gasteiger partial charge is 0.222 e. The fourth-order valence-corrected chi connectivity index (χ4v) is 2.73. The van der Waals surface area contributed by atoms with Gasteiger partial charge in [-0.2, -0.15) is 0 Å². The number of rotatable bonds is 4. The fraction of sp³-hybridized carbons (Fsp3) is 0.294. The monoisotopic (exact) mass is 281 g/mol. The predicted octanol–water partition coefficient (Wildman–Crippen LogP) is 1.97. The number of fused-ring (bicyclic) bond motifs is 1. The highest BCUT2D eigenvalue weighted by molar-refractivity contribution is 5.77. The van der Waals surface area contributed by atoms with Gasteiger partial charge in [-0.15, -0.1) is 0 Å². The van der Waals surface area contributed by atoms with Crippen molar-refractivity contribution in [3.05, 3.63) is 65.5 Å². The number of nitrogens with zero attached hydrogens (tertiary/aromatic N) is 1. The van der Waals surface area contributed by atoms with Crippen LogP contribution in [0, 0.1) is 0 Å². The summed E-state index contributed by atoms with van der Waals surface area (Å²) in [6, 6.07) is 12.3. The van der Waals surface area contributed by atoms with Crippen molar-refractivity contribution < 1.29 is 4.79 Å². The molecular weight excluding hydrogens is 262 g/mol. The number of amides is 1. The standard InChI is InChI=1S/C17H19N3O/c21-17(20-12-13-5-8-18-9-6-13)11-16-15-4-2-1-3-14(15)7-10-19-16/h1-6,8-9,16,19H,7,10-12H2,(H,20,21). The van der Waals surface area contributed by atoms with Crippen LogP contribution >= 0.6 is 0 Å². The quantitative estimate of drug-likeness (QED) is 0.901. The largest absolute Gasteiger partial charge is 0.352 e. The molecule has 4 heteroatoms. The van der Waals surface area contributed by atoms with Gasteiger partial charge in [0.15, 0.2) is 0 Å². The van der Waals surface area contributed by atoms with Crippen LogP contribution in [0.15, 0.2) is 48.8 Å². The predicted molar refractivity (Wildman–Crippen MR) is 81.6 cm³/mol. The van der Waals surface area contributed by atoms with E-state index < -0.39 is 0 Å². The van der Waals surface area contributed by atoms with Gasteiger partial charge in [-0.25, -0.2) is 0 Å². The molecule has 0 saturated heterocycles. The minimum absolute atomic E-state index is 0.0704. The summed E-state index contributed by atoms with van der Waals surface area (Å²) >= 11 is 0. The van der Waals surface area contributed by atoms with Crippen LogP contribution in [0.1, 0.15) is 29.2 Å². The first kappa shape index (κ1) is 13.8. The van der Waals surface area contributed by atoms with Gasteiger partial charge >= 0.3 is 0 Å². The highest BCUT2D eigenvalue weighted by Gasteiger charge is 2.21.